The third-order valence-corrected chi connectivity index (χ3v) is 4.87. The zero-order valence-electron chi connectivity index (χ0n) is 15.4. The maximum Gasteiger partial charge on any atom is 0.177 e. The highest BCUT2D eigenvalue weighted by atomic mass is 35.5. The highest BCUT2D eigenvalue weighted by Gasteiger charge is 2.38. The van der Waals surface area contributed by atoms with Crippen molar-refractivity contribution in [3.8, 4) is 17.1 Å². The molecule has 1 fully saturated rings. The van der Waals surface area contributed by atoms with Gasteiger partial charge in [-0.05, 0) is 63.1 Å². The smallest absolute Gasteiger partial charge is 0.177 e. The van der Waals surface area contributed by atoms with Crippen LogP contribution < -0.4 is 10.5 Å². The Hall–Kier alpha value is -2.67. The van der Waals surface area contributed by atoms with E-state index in [1.165, 1.54) is 18.2 Å². The number of hydrogen-bond acceptors (Lipinski definition) is 4. The standard InChI is InChI=1S/C20H19ClF2N4O/c1-20(2,28-17-8-3-11(21)9-16(17)23)19-26-25-18(27(19)13-5-6-13)14-7-4-12(24)10-15(14)22/h3-4,7-10,13H,5-6,24H2,1-2H3. The molecule has 2 N–H and O–H groups in total. The summed E-state index contributed by atoms with van der Waals surface area (Å²) < 4.78 is 36.5. The number of anilines is 1. The molecule has 0 atom stereocenters. The number of aromatic nitrogens is 3. The third-order valence-electron chi connectivity index (χ3n) is 4.64. The molecule has 0 amide bonds. The molecule has 8 heteroatoms. The van der Waals surface area contributed by atoms with Crippen LogP contribution in [0.5, 0.6) is 5.75 Å². The molecule has 0 bridgehead atoms. The number of halogens is 3. The van der Waals surface area contributed by atoms with Crippen molar-refractivity contribution in [2.75, 3.05) is 5.73 Å². The van der Waals surface area contributed by atoms with Crippen LogP contribution in [-0.4, -0.2) is 14.8 Å². The topological polar surface area (TPSA) is 66.0 Å². The summed E-state index contributed by atoms with van der Waals surface area (Å²) in [6.07, 6.45) is 1.86. The van der Waals surface area contributed by atoms with Crippen LogP contribution in [0, 0.1) is 11.6 Å². The lowest BCUT2D eigenvalue weighted by Gasteiger charge is -2.27. The second kappa shape index (κ2) is 6.74. The third kappa shape index (κ3) is 3.42. The van der Waals surface area contributed by atoms with Gasteiger partial charge in [-0.3, -0.25) is 0 Å². The highest BCUT2D eigenvalue weighted by molar-refractivity contribution is 6.30. The van der Waals surface area contributed by atoms with E-state index in [0.717, 1.165) is 12.8 Å². The summed E-state index contributed by atoms with van der Waals surface area (Å²) in [7, 11) is 0. The van der Waals surface area contributed by atoms with E-state index >= 15 is 0 Å². The first-order valence-electron chi connectivity index (χ1n) is 8.91. The predicted molar refractivity (Wildman–Crippen MR) is 103 cm³/mol. The van der Waals surface area contributed by atoms with E-state index in [1.54, 1.807) is 32.0 Å². The predicted octanol–water partition coefficient (Wildman–Crippen LogP) is 5.11. The second-order valence-corrected chi connectivity index (χ2v) is 7.81. The van der Waals surface area contributed by atoms with Crippen LogP contribution in [0.1, 0.15) is 38.6 Å². The summed E-state index contributed by atoms with van der Waals surface area (Å²) in [4.78, 5) is 0. The number of hydrogen-bond donors (Lipinski definition) is 1. The summed E-state index contributed by atoms with van der Waals surface area (Å²) in [6, 6.07) is 8.82. The van der Waals surface area contributed by atoms with Gasteiger partial charge in [-0.1, -0.05) is 11.6 Å². The fourth-order valence-corrected chi connectivity index (χ4v) is 3.31. The van der Waals surface area contributed by atoms with Gasteiger partial charge < -0.3 is 15.0 Å². The molecular formula is C20H19ClF2N4O. The van der Waals surface area contributed by atoms with E-state index < -0.39 is 17.2 Å². The summed E-state index contributed by atoms with van der Waals surface area (Å²) in [5.41, 5.74) is 5.29. The lowest BCUT2D eigenvalue weighted by atomic mass is 10.1. The Balaban J connectivity index is 1.76. The minimum absolute atomic E-state index is 0.0555. The van der Waals surface area contributed by atoms with E-state index in [9.17, 15) is 8.78 Å². The van der Waals surface area contributed by atoms with Crippen LogP contribution in [0.15, 0.2) is 36.4 Å². The molecule has 1 saturated carbocycles. The monoisotopic (exact) mass is 404 g/mol. The molecule has 1 aliphatic carbocycles. The molecule has 3 aromatic rings. The molecule has 2 aromatic carbocycles. The second-order valence-electron chi connectivity index (χ2n) is 7.37. The summed E-state index contributed by atoms with van der Waals surface area (Å²) >= 11 is 5.81. The van der Waals surface area contributed by atoms with Gasteiger partial charge in [0.25, 0.3) is 0 Å². The van der Waals surface area contributed by atoms with Crippen LogP contribution in [0.2, 0.25) is 5.02 Å². The molecule has 1 heterocycles. The van der Waals surface area contributed by atoms with Crippen molar-refractivity contribution >= 4 is 17.3 Å². The van der Waals surface area contributed by atoms with Crippen LogP contribution in [0.25, 0.3) is 11.4 Å². The molecule has 0 saturated heterocycles. The maximum atomic E-state index is 14.5. The molecule has 0 spiro atoms. The van der Waals surface area contributed by atoms with Crippen LogP contribution in [0.4, 0.5) is 14.5 Å². The number of nitrogen functional groups attached to an aromatic ring is 1. The number of nitrogens with zero attached hydrogens (tertiary/aromatic N) is 3. The van der Waals surface area contributed by atoms with Gasteiger partial charge in [0.05, 0.1) is 5.56 Å². The largest absolute Gasteiger partial charge is 0.477 e. The number of ether oxygens (including phenoxy) is 1. The SMILES string of the molecule is CC(C)(Oc1ccc(Cl)cc1F)c1nnc(-c2ccc(N)cc2F)n1C1CC1. The average Bonchev–Trinajstić information content (AvgIpc) is 3.36. The molecule has 1 aliphatic rings. The van der Waals surface area contributed by atoms with E-state index in [4.69, 9.17) is 22.1 Å². The average molecular weight is 405 g/mol. The fourth-order valence-electron chi connectivity index (χ4n) is 3.16. The minimum Gasteiger partial charge on any atom is -0.477 e. The zero-order valence-corrected chi connectivity index (χ0v) is 16.2. The van der Waals surface area contributed by atoms with Gasteiger partial charge in [0, 0.05) is 16.8 Å². The Morgan fingerprint density at radius 2 is 1.86 bits per heavy atom. The van der Waals surface area contributed by atoms with Crippen molar-refractivity contribution in [3.63, 3.8) is 0 Å². The molecule has 5 nitrogen and oxygen atoms in total. The Labute approximate surface area is 166 Å². The lowest BCUT2D eigenvalue weighted by Crippen LogP contribution is -2.30. The van der Waals surface area contributed by atoms with Crippen molar-refractivity contribution < 1.29 is 13.5 Å². The van der Waals surface area contributed by atoms with Gasteiger partial charge in [0.15, 0.2) is 28.8 Å². The first-order chi connectivity index (χ1) is 13.3. The molecule has 28 heavy (non-hydrogen) atoms. The molecule has 0 aliphatic heterocycles. The van der Waals surface area contributed by atoms with Gasteiger partial charge in [-0.15, -0.1) is 10.2 Å². The lowest BCUT2D eigenvalue weighted by molar-refractivity contribution is 0.0882. The van der Waals surface area contributed by atoms with Gasteiger partial charge in [-0.25, -0.2) is 8.78 Å². The van der Waals surface area contributed by atoms with Crippen molar-refractivity contribution in [1.82, 2.24) is 14.8 Å². The van der Waals surface area contributed by atoms with Crippen molar-refractivity contribution in [2.24, 2.45) is 0 Å². The minimum atomic E-state index is -1.01. The zero-order chi connectivity index (χ0) is 20.1. The van der Waals surface area contributed by atoms with Crippen LogP contribution in [0.3, 0.4) is 0 Å². The number of nitrogens with two attached hydrogens (primary N) is 1. The van der Waals surface area contributed by atoms with E-state index in [0.29, 0.717) is 22.9 Å². The van der Waals surface area contributed by atoms with Crippen molar-refractivity contribution in [1.29, 1.82) is 0 Å². The number of rotatable bonds is 5. The van der Waals surface area contributed by atoms with Gasteiger partial charge >= 0.3 is 0 Å². The van der Waals surface area contributed by atoms with Crippen molar-refractivity contribution in [2.45, 2.75) is 38.3 Å². The van der Waals surface area contributed by atoms with E-state index in [-0.39, 0.29) is 16.8 Å². The van der Waals surface area contributed by atoms with E-state index in [1.807, 2.05) is 4.57 Å². The quantitative estimate of drug-likeness (QED) is 0.600. The summed E-state index contributed by atoms with van der Waals surface area (Å²) in [5, 5.41) is 8.78. The molecule has 1 aromatic heterocycles. The Morgan fingerprint density at radius 3 is 2.50 bits per heavy atom. The Kier molecular flexibility index (Phi) is 4.50. The highest BCUT2D eigenvalue weighted by Crippen LogP contribution is 2.42. The maximum absolute atomic E-state index is 14.5. The molecule has 0 radical (unpaired) electrons. The first-order valence-corrected chi connectivity index (χ1v) is 9.29. The van der Waals surface area contributed by atoms with Crippen molar-refractivity contribution in [3.05, 3.63) is 58.9 Å². The first kappa shape index (κ1) is 18.7. The molecular weight excluding hydrogens is 386 g/mol. The molecule has 4 rings (SSSR count). The van der Waals surface area contributed by atoms with Gasteiger partial charge in [-0.2, -0.15) is 0 Å². The normalized spacial score (nSPS) is 14.3. The Morgan fingerprint density at radius 1 is 1.11 bits per heavy atom. The Bertz CT molecular complexity index is 1050. The molecule has 146 valence electrons. The molecule has 0 unspecified atom stereocenters. The van der Waals surface area contributed by atoms with Crippen LogP contribution in [-0.2, 0) is 5.60 Å². The van der Waals surface area contributed by atoms with Gasteiger partial charge in [0.2, 0.25) is 0 Å². The van der Waals surface area contributed by atoms with Gasteiger partial charge in [0.1, 0.15) is 5.82 Å². The number of benzene rings is 2. The summed E-state index contributed by atoms with van der Waals surface area (Å²) in [6.45, 7) is 3.54. The van der Waals surface area contributed by atoms with E-state index in [2.05, 4.69) is 10.2 Å². The summed E-state index contributed by atoms with van der Waals surface area (Å²) in [5.74, 6) is -0.0787. The fraction of sp³-hybridized carbons (Fsp3) is 0.300. The van der Waals surface area contributed by atoms with Crippen LogP contribution >= 0.6 is 11.6 Å².